The quantitative estimate of drug-likeness (QED) is 0.132. The van der Waals surface area contributed by atoms with Crippen molar-refractivity contribution in [2.75, 3.05) is 13.7 Å². The first-order valence-corrected chi connectivity index (χ1v) is 18.7. The van der Waals surface area contributed by atoms with Crippen molar-refractivity contribution in [3.63, 3.8) is 0 Å². The molecule has 0 fully saturated rings. The first-order valence-electron chi connectivity index (χ1n) is 16.8. The van der Waals surface area contributed by atoms with Crippen molar-refractivity contribution in [2.24, 2.45) is 0 Å². The van der Waals surface area contributed by atoms with E-state index in [1.807, 2.05) is 42.6 Å². The third-order valence-corrected chi connectivity index (χ3v) is 14.1. The summed E-state index contributed by atoms with van der Waals surface area (Å²) >= 11 is 0. The Morgan fingerprint density at radius 1 is 0.902 bits per heavy atom. The Morgan fingerprint density at radius 2 is 1.57 bits per heavy atom. The Balaban J connectivity index is 1.33. The topological polar surface area (TPSA) is 94.1 Å². The zero-order chi connectivity index (χ0) is 36.0. The minimum absolute atomic E-state index is 0.0370. The van der Waals surface area contributed by atoms with Crippen LogP contribution in [-0.2, 0) is 15.7 Å². The summed E-state index contributed by atoms with van der Waals surface area (Å²) in [6, 6.07) is 33.6. The number of rotatable bonds is 13. The summed E-state index contributed by atoms with van der Waals surface area (Å²) < 4.78 is 44.1. The molecule has 0 spiro atoms. The predicted molar refractivity (Wildman–Crippen MR) is 197 cm³/mol. The number of carbonyl (C=O) groups is 1. The molecular weight excluding hydrogens is 665 g/mol. The Morgan fingerprint density at radius 3 is 2.16 bits per heavy atom. The summed E-state index contributed by atoms with van der Waals surface area (Å²) in [4.78, 5) is 14.2. The molecule has 0 bridgehead atoms. The van der Waals surface area contributed by atoms with Gasteiger partial charge in [-0.2, -0.15) is 10.2 Å². The zero-order valence-corrected chi connectivity index (χ0v) is 30.0. The number of aromatic amines is 1. The van der Waals surface area contributed by atoms with Crippen LogP contribution < -0.4 is 15.7 Å². The van der Waals surface area contributed by atoms with Gasteiger partial charge in [-0.3, -0.25) is 14.6 Å². The van der Waals surface area contributed by atoms with Crippen LogP contribution in [0.1, 0.15) is 31.1 Å². The monoisotopic (exact) mass is 705 g/mol. The Bertz CT molecular complexity index is 1990. The predicted octanol–water partition coefficient (Wildman–Crippen LogP) is 6.61. The number of halogens is 2. The van der Waals surface area contributed by atoms with Gasteiger partial charge in [0.1, 0.15) is 17.7 Å². The number of benzene rings is 4. The van der Waals surface area contributed by atoms with Gasteiger partial charge in [-0.15, -0.1) is 0 Å². The molecule has 0 saturated carbocycles. The smallest absolute Gasteiger partial charge is 0.261 e. The van der Waals surface area contributed by atoms with Crippen LogP contribution in [0.5, 0.6) is 0 Å². The third-order valence-electron chi connectivity index (χ3n) is 9.14. The number of nitrogens with zero attached hydrogens (tertiary/aromatic N) is 3. The van der Waals surface area contributed by atoms with Gasteiger partial charge < -0.3 is 14.5 Å². The highest BCUT2D eigenvalue weighted by Gasteiger charge is 2.50. The molecule has 2 heterocycles. The Hall–Kier alpha value is -5.23. The fourth-order valence-corrected chi connectivity index (χ4v) is 11.2. The lowest BCUT2D eigenvalue weighted by molar-refractivity contribution is 0.0212. The van der Waals surface area contributed by atoms with Gasteiger partial charge in [0.15, 0.2) is 0 Å². The van der Waals surface area contributed by atoms with Gasteiger partial charge in [-0.25, -0.2) is 8.78 Å². The van der Waals surface area contributed by atoms with Crippen molar-refractivity contribution >= 4 is 24.6 Å². The molecule has 0 radical (unpaired) electrons. The lowest BCUT2D eigenvalue weighted by atomic mass is 10.0. The molecule has 6 rings (SSSR count). The molecule has 262 valence electrons. The Labute approximate surface area is 297 Å². The molecule has 2 N–H and O–H groups in total. The highest BCUT2D eigenvalue weighted by Crippen LogP contribution is 2.37. The van der Waals surface area contributed by atoms with E-state index in [0.29, 0.717) is 11.3 Å². The van der Waals surface area contributed by atoms with Gasteiger partial charge >= 0.3 is 0 Å². The first kappa shape index (κ1) is 35.6. The summed E-state index contributed by atoms with van der Waals surface area (Å²) in [5.41, 5.74) is 1.59. The van der Waals surface area contributed by atoms with Crippen LogP contribution in [0.2, 0.25) is 5.04 Å². The maximum atomic E-state index is 15.6. The van der Waals surface area contributed by atoms with Gasteiger partial charge in [0.05, 0.1) is 41.7 Å². The molecule has 11 heteroatoms. The van der Waals surface area contributed by atoms with E-state index in [9.17, 15) is 9.18 Å². The van der Waals surface area contributed by atoms with E-state index < -0.39 is 32.2 Å². The summed E-state index contributed by atoms with van der Waals surface area (Å²) in [5, 5.41) is 16.7. The molecule has 0 aliphatic heterocycles. The average Bonchev–Trinajstić information content (AvgIpc) is 3.83. The molecule has 8 nitrogen and oxygen atoms in total. The van der Waals surface area contributed by atoms with Gasteiger partial charge in [-0.1, -0.05) is 87.5 Å². The molecular formula is C40H41F2N5O3Si. The second kappa shape index (κ2) is 15.3. The van der Waals surface area contributed by atoms with Crippen molar-refractivity contribution in [1.29, 1.82) is 0 Å². The average molecular weight is 706 g/mol. The van der Waals surface area contributed by atoms with E-state index in [-0.39, 0.29) is 40.8 Å². The normalized spacial score (nSPS) is 13.1. The number of hydrogen-bond acceptors (Lipinski definition) is 5. The largest absolute Gasteiger partial charge is 0.405 e. The molecule has 0 aliphatic rings. The highest BCUT2D eigenvalue weighted by atomic mass is 28.4. The summed E-state index contributed by atoms with van der Waals surface area (Å²) in [7, 11) is -1.35. The molecule has 51 heavy (non-hydrogen) atoms. The standard InChI is InChI=1S/C40H41F2N5O3Si/c1-40(2,3)51(30-13-7-5-8-14-30,31-15-9-6-10-16-31)50-27-37(49-4)36(26-47-24-12-23-43-47)44-39(48)32-17-11-18-33(42)38(32)35-25-34(45-46-35)28-19-21-29(41)22-20-28/h5-25,36-37H,26-27H2,1-4H3,(H,44,48)(H,45,46)/t36-,37-/m1/s1. The van der Waals surface area contributed by atoms with E-state index in [2.05, 4.69) is 65.6 Å². The number of carbonyl (C=O) groups excluding carboxylic acids is 1. The molecule has 1 amide bonds. The minimum Gasteiger partial charge on any atom is -0.405 e. The van der Waals surface area contributed by atoms with Crippen molar-refractivity contribution in [3.05, 3.63) is 145 Å². The van der Waals surface area contributed by atoms with E-state index >= 15 is 4.39 Å². The maximum Gasteiger partial charge on any atom is 0.261 e. The maximum absolute atomic E-state index is 15.6. The first-order chi connectivity index (χ1) is 24.6. The lowest BCUT2D eigenvalue weighted by Crippen LogP contribution is -2.67. The van der Waals surface area contributed by atoms with Crippen molar-refractivity contribution < 1.29 is 22.7 Å². The van der Waals surface area contributed by atoms with Crippen LogP contribution in [-0.4, -0.2) is 60.1 Å². The summed E-state index contributed by atoms with van der Waals surface area (Å²) in [6.45, 7) is 7.03. The molecule has 2 atom stereocenters. The van der Waals surface area contributed by atoms with Gasteiger partial charge in [0.2, 0.25) is 0 Å². The van der Waals surface area contributed by atoms with Crippen molar-refractivity contribution in [2.45, 2.75) is 44.5 Å². The van der Waals surface area contributed by atoms with E-state index in [1.165, 1.54) is 24.3 Å². The number of H-pyrrole nitrogens is 1. The second-order valence-electron chi connectivity index (χ2n) is 13.4. The summed E-state index contributed by atoms with van der Waals surface area (Å²) in [5.74, 6) is -1.50. The van der Waals surface area contributed by atoms with Crippen LogP contribution in [0.3, 0.4) is 0 Å². The van der Waals surface area contributed by atoms with E-state index in [4.69, 9.17) is 9.16 Å². The highest BCUT2D eigenvalue weighted by molar-refractivity contribution is 6.99. The van der Waals surface area contributed by atoms with Gasteiger partial charge in [0, 0.05) is 19.5 Å². The molecule has 4 aromatic carbocycles. The van der Waals surface area contributed by atoms with Crippen molar-refractivity contribution in [1.82, 2.24) is 25.3 Å². The molecule has 0 unspecified atom stereocenters. The van der Waals surface area contributed by atoms with Crippen molar-refractivity contribution in [3.8, 4) is 22.5 Å². The lowest BCUT2D eigenvalue weighted by Gasteiger charge is -2.44. The van der Waals surface area contributed by atoms with Crippen LogP contribution in [0.25, 0.3) is 22.5 Å². The van der Waals surface area contributed by atoms with Gasteiger partial charge in [-0.05, 0) is 69.5 Å². The SMILES string of the molecule is CO[C@H](CO[Si](c1ccccc1)(c1ccccc1)C(C)(C)C)[C@@H](Cn1cccn1)NC(=O)c1cccc(F)c1-c1cc(-c2ccc(F)cc2)[nH]n1. The summed E-state index contributed by atoms with van der Waals surface area (Å²) in [6.07, 6.45) is 2.86. The third kappa shape index (κ3) is 7.60. The number of hydrogen-bond donors (Lipinski definition) is 2. The zero-order valence-electron chi connectivity index (χ0n) is 29.0. The molecule has 0 aliphatic carbocycles. The van der Waals surface area contributed by atoms with E-state index in [0.717, 1.165) is 10.4 Å². The molecule has 0 saturated heterocycles. The van der Waals surface area contributed by atoms with Crippen LogP contribution in [0.15, 0.2) is 128 Å². The van der Waals surface area contributed by atoms with Crippen LogP contribution in [0.4, 0.5) is 8.78 Å². The molecule has 6 aromatic rings. The minimum atomic E-state index is -2.94. The van der Waals surface area contributed by atoms with Crippen LogP contribution in [0, 0.1) is 11.6 Å². The van der Waals surface area contributed by atoms with Gasteiger partial charge in [0.25, 0.3) is 14.2 Å². The van der Waals surface area contributed by atoms with E-state index in [1.54, 1.807) is 48.3 Å². The fourth-order valence-electron chi connectivity index (χ4n) is 6.63. The number of nitrogens with one attached hydrogen (secondary N) is 2. The Kier molecular flexibility index (Phi) is 10.7. The van der Waals surface area contributed by atoms with Crippen LogP contribution >= 0.6 is 0 Å². The number of methoxy groups -OCH3 is 1. The number of ether oxygens (including phenoxy) is 1. The molecule has 2 aromatic heterocycles. The number of aromatic nitrogens is 4. The number of amides is 1. The second-order valence-corrected chi connectivity index (χ2v) is 17.7. The fraction of sp³-hybridized carbons (Fsp3) is 0.225.